The Morgan fingerprint density at radius 1 is 1.21 bits per heavy atom. The molecule has 0 saturated carbocycles. The highest BCUT2D eigenvalue weighted by atomic mass is 35.5. The van der Waals surface area contributed by atoms with Crippen molar-refractivity contribution in [2.75, 3.05) is 0 Å². The molecule has 1 unspecified atom stereocenters. The molecule has 0 aliphatic rings. The van der Waals surface area contributed by atoms with Gasteiger partial charge < -0.3 is 11.1 Å². The molecule has 3 N–H and O–H groups in total. The van der Waals surface area contributed by atoms with Crippen molar-refractivity contribution in [3.8, 4) is 0 Å². The van der Waals surface area contributed by atoms with Crippen molar-refractivity contribution in [1.82, 2.24) is 15.1 Å². The van der Waals surface area contributed by atoms with Crippen LogP contribution in [0.5, 0.6) is 0 Å². The van der Waals surface area contributed by atoms with Crippen molar-refractivity contribution in [2.24, 2.45) is 11.1 Å². The molecule has 29 heavy (non-hydrogen) atoms. The van der Waals surface area contributed by atoms with Crippen LogP contribution in [0.2, 0.25) is 5.02 Å². The minimum atomic E-state index is -0.869. The monoisotopic (exact) mass is 416 g/mol. The third kappa shape index (κ3) is 4.40. The van der Waals surface area contributed by atoms with Crippen LogP contribution < -0.4 is 11.1 Å². The van der Waals surface area contributed by atoms with E-state index in [0.29, 0.717) is 22.5 Å². The Morgan fingerprint density at radius 3 is 2.45 bits per heavy atom. The Bertz CT molecular complexity index is 1070. The fourth-order valence-electron chi connectivity index (χ4n) is 3.15. The van der Waals surface area contributed by atoms with E-state index < -0.39 is 23.3 Å². The van der Waals surface area contributed by atoms with Gasteiger partial charge in [-0.3, -0.25) is 14.3 Å². The number of nitrogens with one attached hydrogen (secondary N) is 1. The summed E-state index contributed by atoms with van der Waals surface area (Å²) in [7, 11) is 0. The number of primary amides is 1. The first kappa shape index (κ1) is 20.8. The second kappa shape index (κ2) is 7.83. The van der Waals surface area contributed by atoms with E-state index >= 15 is 0 Å². The Balaban J connectivity index is 2.02. The quantitative estimate of drug-likeness (QED) is 0.666. The maximum Gasteiger partial charge on any atom is 0.273 e. The molecular formula is C21H22ClFN4O2. The number of nitrogens with two attached hydrogens (primary N) is 1. The van der Waals surface area contributed by atoms with Crippen molar-refractivity contribution >= 4 is 34.3 Å². The number of carbonyl (C=O) groups is 2. The Morgan fingerprint density at radius 2 is 1.86 bits per heavy atom. The maximum absolute atomic E-state index is 13.2. The zero-order valence-corrected chi connectivity index (χ0v) is 17.1. The van der Waals surface area contributed by atoms with Gasteiger partial charge >= 0.3 is 0 Å². The van der Waals surface area contributed by atoms with Crippen LogP contribution >= 0.6 is 11.6 Å². The summed E-state index contributed by atoms with van der Waals surface area (Å²) in [6.07, 6.45) is 0. The summed E-state index contributed by atoms with van der Waals surface area (Å²) in [5.41, 5.74) is 6.43. The molecule has 6 nitrogen and oxygen atoms in total. The Labute approximate surface area is 172 Å². The van der Waals surface area contributed by atoms with E-state index in [1.807, 2.05) is 20.8 Å². The van der Waals surface area contributed by atoms with Gasteiger partial charge in [0, 0.05) is 5.39 Å². The van der Waals surface area contributed by atoms with Gasteiger partial charge in [-0.05, 0) is 29.2 Å². The molecular weight excluding hydrogens is 395 g/mol. The molecule has 2 amide bonds. The highest BCUT2D eigenvalue weighted by molar-refractivity contribution is 6.35. The number of carbonyl (C=O) groups excluding carboxylic acids is 2. The van der Waals surface area contributed by atoms with Crippen molar-refractivity contribution < 1.29 is 14.0 Å². The lowest BCUT2D eigenvalue weighted by Gasteiger charge is -2.28. The first-order chi connectivity index (χ1) is 13.6. The first-order valence-corrected chi connectivity index (χ1v) is 9.45. The van der Waals surface area contributed by atoms with Gasteiger partial charge in [-0.25, -0.2) is 4.39 Å². The lowest BCUT2D eigenvalue weighted by atomic mass is 9.86. The molecule has 0 saturated heterocycles. The average Bonchev–Trinajstić information content (AvgIpc) is 3.00. The molecule has 152 valence electrons. The van der Waals surface area contributed by atoms with E-state index in [1.165, 1.54) is 12.1 Å². The number of para-hydroxylation sites is 1. The van der Waals surface area contributed by atoms with Crippen molar-refractivity contribution in [3.05, 3.63) is 64.6 Å². The third-order valence-electron chi connectivity index (χ3n) is 4.61. The highest BCUT2D eigenvalue weighted by Crippen LogP contribution is 2.28. The number of hydrogen-bond donors (Lipinski definition) is 2. The average molecular weight is 417 g/mol. The van der Waals surface area contributed by atoms with Crippen LogP contribution in [0.1, 0.15) is 36.8 Å². The number of hydrogen-bond acceptors (Lipinski definition) is 3. The topological polar surface area (TPSA) is 90.0 Å². The lowest BCUT2D eigenvalue weighted by molar-refractivity contribution is -0.122. The van der Waals surface area contributed by atoms with Crippen LogP contribution in [-0.4, -0.2) is 27.6 Å². The standard InChI is InChI=1S/C21H22ClFN4O2/c1-21(2,3)18(19(24)28)25-20(29)16-14-5-4-6-15(22)17(14)27(26-16)11-12-7-9-13(23)10-8-12/h4-10,18H,11H2,1-3H3,(H2,24,28)(H,25,29). The molecule has 1 aromatic heterocycles. The van der Waals surface area contributed by atoms with Gasteiger partial charge in [0.2, 0.25) is 5.91 Å². The van der Waals surface area contributed by atoms with E-state index in [-0.39, 0.29) is 11.5 Å². The van der Waals surface area contributed by atoms with E-state index in [4.69, 9.17) is 17.3 Å². The van der Waals surface area contributed by atoms with Crippen LogP contribution in [0.4, 0.5) is 4.39 Å². The predicted molar refractivity (Wildman–Crippen MR) is 110 cm³/mol. The Hall–Kier alpha value is -2.93. The number of nitrogens with zero attached hydrogens (tertiary/aromatic N) is 2. The molecule has 0 aliphatic carbocycles. The minimum absolute atomic E-state index is 0.139. The van der Waals surface area contributed by atoms with Crippen molar-refractivity contribution in [1.29, 1.82) is 0 Å². The van der Waals surface area contributed by atoms with Crippen LogP contribution in [0, 0.1) is 11.2 Å². The zero-order valence-electron chi connectivity index (χ0n) is 16.4. The second-order valence-corrected chi connectivity index (χ2v) is 8.35. The highest BCUT2D eigenvalue weighted by Gasteiger charge is 2.32. The number of amides is 2. The second-order valence-electron chi connectivity index (χ2n) is 7.94. The fraction of sp³-hybridized carbons (Fsp3) is 0.286. The van der Waals surface area contributed by atoms with E-state index in [9.17, 15) is 14.0 Å². The number of rotatable bonds is 5. The molecule has 3 aromatic rings. The Kier molecular flexibility index (Phi) is 5.61. The largest absolute Gasteiger partial charge is 0.368 e. The minimum Gasteiger partial charge on any atom is -0.368 e. The van der Waals surface area contributed by atoms with Gasteiger partial charge in [-0.2, -0.15) is 5.10 Å². The lowest BCUT2D eigenvalue weighted by Crippen LogP contribution is -2.52. The van der Waals surface area contributed by atoms with Crippen molar-refractivity contribution in [3.63, 3.8) is 0 Å². The molecule has 0 radical (unpaired) electrons. The van der Waals surface area contributed by atoms with Gasteiger partial charge in [-0.1, -0.05) is 56.6 Å². The molecule has 1 atom stereocenters. The number of halogens is 2. The summed E-state index contributed by atoms with van der Waals surface area (Å²) in [4.78, 5) is 24.8. The van der Waals surface area contributed by atoms with Gasteiger partial charge in [0.1, 0.15) is 11.9 Å². The maximum atomic E-state index is 13.2. The first-order valence-electron chi connectivity index (χ1n) is 9.07. The molecule has 0 aliphatic heterocycles. The van der Waals surface area contributed by atoms with Gasteiger partial charge in [0.15, 0.2) is 5.69 Å². The van der Waals surface area contributed by atoms with Gasteiger partial charge in [0.25, 0.3) is 5.91 Å². The van der Waals surface area contributed by atoms with Crippen LogP contribution in [0.3, 0.4) is 0 Å². The SMILES string of the molecule is CC(C)(C)C(NC(=O)c1nn(Cc2ccc(F)cc2)c2c(Cl)cccc12)C(N)=O. The third-order valence-corrected chi connectivity index (χ3v) is 4.91. The van der Waals surface area contributed by atoms with E-state index in [1.54, 1.807) is 35.0 Å². The predicted octanol–water partition coefficient (Wildman–Crippen LogP) is 3.51. The van der Waals surface area contributed by atoms with Gasteiger partial charge in [0.05, 0.1) is 17.1 Å². The summed E-state index contributed by atoms with van der Waals surface area (Å²) in [6.45, 7) is 5.73. The number of aromatic nitrogens is 2. The van der Waals surface area contributed by atoms with Crippen LogP contribution in [-0.2, 0) is 11.3 Å². The molecule has 0 fully saturated rings. The smallest absolute Gasteiger partial charge is 0.273 e. The molecule has 2 aromatic carbocycles. The van der Waals surface area contributed by atoms with Crippen LogP contribution in [0.25, 0.3) is 10.9 Å². The normalized spacial score (nSPS) is 12.7. The van der Waals surface area contributed by atoms with Gasteiger partial charge in [-0.15, -0.1) is 0 Å². The van der Waals surface area contributed by atoms with Crippen molar-refractivity contribution in [2.45, 2.75) is 33.4 Å². The molecule has 0 bridgehead atoms. The fourth-order valence-corrected chi connectivity index (χ4v) is 3.42. The molecule has 0 spiro atoms. The summed E-state index contributed by atoms with van der Waals surface area (Å²) < 4.78 is 14.8. The molecule has 3 rings (SSSR count). The summed E-state index contributed by atoms with van der Waals surface area (Å²) >= 11 is 6.37. The van der Waals surface area contributed by atoms with E-state index in [0.717, 1.165) is 5.56 Å². The molecule has 8 heteroatoms. The van der Waals surface area contributed by atoms with Crippen LogP contribution in [0.15, 0.2) is 42.5 Å². The molecule has 1 heterocycles. The van der Waals surface area contributed by atoms with E-state index in [2.05, 4.69) is 10.4 Å². The number of fused-ring (bicyclic) bond motifs is 1. The number of benzene rings is 2. The summed E-state index contributed by atoms with van der Waals surface area (Å²) in [6, 6.07) is 10.3. The summed E-state index contributed by atoms with van der Waals surface area (Å²) in [5.74, 6) is -1.48. The zero-order chi connectivity index (χ0) is 21.3. The summed E-state index contributed by atoms with van der Waals surface area (Å²) in [5, 5.41) is 8.10.